The molecule has 0 aliphatic rings. The summed E-state index contributed by atoms with van der Waals surface area (Å²) in [6, 6.07) is 0. The van der Waals surface area contributed by atoms with Crippen LogP contribution in [0.2, 0.25) is 0 Å². The molecular formula is C33H62NNa2O9P. The number of nitrogens with one attached hydrogen (secondary N) is 1. The van der Waals surface area contributed by atoms with Gasteiger partial charge >= 0.3 is 71.1 Å². The molecule has 0 radical (unpaired) electrons. The van der Waals surface area contributed by atoms with Crippen LogP contribution in [-0.4, -0.2) is 43.7 Å². The van der Waals surface area contributed by atoms with Crippen molar-refractivity contribution < 1.29 is 102 Å². The van der Waals surface area contributed by atoms with Crippen molar-refractivity contribution in [3.8, 4) is 0 Å². The minimum atomic E-state index is -5.25. The topological polar surface area (TPSA) is 154 Å². The van der Waals surface area contributed by atoms with E-state index >= 15 is 0 Å². The first-order valence-electron chi connectivity index (χ1n) is 17.4. The van der Waals surface area contributed by atoms with Crippen LogP contribution < -0.4 is 74.2 Å². The molecule has 0 spiro atoms. The minimum Gasteiger partial charge on any atom is -0.790 e. The number of amides is 1. The summed E-state index contributed by atoms with van der Waals surface area (Å²) in [4.78, 5) is 57.0. The number of unbranched alkanes of at least 4 members (excludes halogenated alkanes) is 20. The predicted molar refractivity (Wildman–Crippen MR) is 170 cm³/mol. The first kappa shape index (κ1) is 50.9. The van der Waals surface area contributed by atoms with E-state index in [0.717, 1.165) is 57.9 Å². The normalized spacial score (nSPS) is 11.7. The van der Waals surface area contributed by atoms with Gasteiger partial charge in [0.25, 0.3) is 0 Å². The quantitative estimate of drug-likeness (QED) is 0.0467. The van der Waals surface area contributed by atoms with Crippen molar-refractivity contribution in [1.82, 2.24) is 5.32 Å². The number of rotatable bonds is 32. The third kappa shape index (κ3) is 40.7. The second kappa shape index (κ2) is 36.8. The number of hydrogen-bond donors (Lipinski definition) is 1. The van der Waals surface area contributed by atoms with E-state index in [1.165, 1.54) is 77.0 Å². The standard InChI is InChI=1S/C33H64NO9P.2Na/c1-3-4-5-6-7-8-13-17-20-23-26-33(37)43-31(29-42-44(38,39)40)28-41-32(36)25-22-19-16-14-11-9-10-12-15-18-21-24-27-34-30(2)35;;/h31H,3-29H2,1-2H3,(H,34,35)(H2,38,39,40);;/q;2*+1/p-2/t31-;;/m0../s1. The van der Waals surface area contributed by atoms with Gasteiger partial charge in [0.15, 0.2) is 6.10 Å². The van der Waals surface area contributed by atoms with Crippen LogP contribution in [-0.2, 0) is 32.9 Å². The van der Waals surface area contributed by atoms with E-state index in [2.05, 4.69) is 16.8 Å². The van der Waals surface area contributed by atoms with Crippen LogP contribution in [0.5, 0.6) is 0 Å². The Labute approximate surface area is 324 Å². The van der Waals surface area contributed by atoms with Crippen molar-refractivity contribution in [2.24, 2.45) is 0 Å². The van der Waals surface area contributed by atoms with Crippen molar-refractivity contribution in [2.45, 2.75) is 174 Å². The average molecular weight is 694 g/mol. The first-order chi connectivity index (χ1) is 21.1. The Hall–Kier alpha value is 0.520. The number of phosphoric acid groups is 1. The number of hydrogen-bond acceptors (Lipinski definition) is 9. The molecule has 260 valence electrons. The monoisotopic (exact) mass is 693 g/mol. The zero-order valence-electron chi connectivity index (χ0n) is 29.8. The van der Waals surface area contributed by atoms with Crippen LogP contribution in [0.4, 0.5) is 0 Å². The van der Waals surface area contributed by atoms with E-state index < -0.39 is 32.5 Å². The molecule has 0 unspecified atom stereocenters. The summed E-state index contributed by atoms with van der Waals surface area (Å²) < 4.78 is 25.6. The van der Waals surface area contributed by atoms with E-state index in [9.17, 15) is 28.7 Å². The molecule has 1 atom stereocenters. The molecular weight excluding hydrogens is 631 g/mol. The maximum absolute atomic E-state index is 12.2. The van der Waals surface area contributed by atoms with E-state index in [4.69, 9.17) is 9.47 Å². The molecule has 0 bridgehead atoms. The van der Waals surface area contributed by atoms with Crippen LogP contribution in [0.15, 0.2) is 0 Å². The van der Waals surface area contributed by atoms with Crippen LogP contribution in [0.25, 0.3) is 0 Å². The van der Waals surface area contributed by atoms with Crippen molar-refractivity contribution in [1.29, 1.82) is 0 Å². The summed E-state index contributed by atoms with van der Waals surface area (Å²) >= 11 is 0. The number of phosphoric ester groups is 1. The number of esters is 2. The van der Waals surface area contributed by atoms with Crippen molar-refractivity contribution in [3.05, 3.63) is 0 Å². The molecule has 1 amide bonds. The van der Waals surface area contributed by atoms with Gasteiger partial charge in [0.2, 0.25) is 5.91 Å². The Morgan fingerprint density at radius 2 is 1.00 bits per heavy atom. The van der Waals surface area contributed by atoms with Crippen LogP contribution in [0.1, 0.15) is 168 Å². The number of carbonyl (C=O) groups is 3. The molecule has 0 fully saturated rings. The zero-order chi connectivity index (χ0) is 32.7. The molecule has 0 aromatic rings. The maximum atomic E-state index is 12.2. The molecule has 0 saturated heterocycles. The minimum absolute atomic E-state index is 0. The van der Waals surface area contributed by atoms with Gasteiger partial charge in [0.05, 0.1) is 14.4 Å². The summed E-state index contributed by atoms with van der Waals surface area (Å²) in [5.41, 5.74) is 0. The molecule has 0 saturated carbocycles. The van der Waals surface area contributed by atoms with Gasteiger partial charge in [-0.25, -0.2) is 0 Å². The van der Waals surface area contributed by atoms with Gasteiger partial charge in [-0.3, -0.25) is 14.4 Å². The Morgan fingerprint density at radius 3 is 1.41 bits per heavy atom. The van der Waals surface area contributed by atoms with Crippen molar-refractivity contribution in [3.63, 3.8) is 0 Å². The molecule has 0 aromatic carbocycles. The van der Waals surface area contributed by atoms with Crippen molar-refractivity contribution in [2.75, 3.05) is 19.8 Å². The van der Waals surface area contributed by atoms with E-state index in [1.54, 1.807) is 6.92 Å². The largest absolute Gasteiger partial charge is 1.00 e. The Bertz CT molecular complexity index is 771. The smallest absolute Gasteiger partial charge is 0.790 e. The van der Waals surface area contributed by atoms with Crippen LogP contribution in [0, 0.1) is 0 Å². The summed E-state index contributed by atoms with van der Waals surface area (Å²) in [7, 11) is -5.25. The zero-order valence-corrected chi connectivity index (χ0v) is 34.7. The van der Waals surface area contributed by atoms with E-state index in [-0.39, 0.29) is 84.5 Å². The second-order valence-electron chi connectivity index (χ2n) is 11.9. The van der Waals surface area contributed by atoms with Gasteiger partial charge in [0, 0.05) is 26.3 Å². The van der Waals surface area contributed by atoms with Gasteiger partial charge < -0.3 is 33.7 Å². The van der Waals surface area contributed by atoms with E-state index in [1.807, 2.05) is 0 Å². The van der Waals surface area contributed by atoms with E-state index in [0.29, 0.717) is 12.8 Å². The summed E-state index contributed by atoms with van der Waals surface area (Å²) in [5, 5.41) is 2.82. The van der Waals surface area contributed by atoms with Crippen LogP contribution in [0.3, 0.4) is 0 Å². The molecule has 0 aliphatic carbocycles. The Balaban J connectivity index is -0.00000924. The number of carbonyl (C=O) groups excluding carboxylic acids is 3. The SMILES string of the molecule is CCCCCCCCCCCCC(=O)O[C@@H](COC(=O)CCCCCCCCCCCCCCNC(C)=O)COP(=O)([O-])[O-].[Na+].[Na+]. The molecule has 0 heterocycles. The predicted octanol–water partition coefficient (Wildman–Crippen LogP) is 0.813. The molecule has 46 heavy (non-hydrogen) atoms. The van der Waals surface area contributed by atoms with Gasteiger partial charge in [-0.2, -0.15) is 0 Å². The summed E-state index contributed by atoms with van der Waals surface area (Å²) in [5.74, 6) is -0.947. The van der Waals surface area contributed by atoms with Gasteiger partial charge in [-0.15, -0.1) is 0 Å². The fourth-order valence-electron chi connectivity index (χ4n) is 4.98. The Kier molecular flexibility index (Phi) is 40.7. The Morgan fingerprint density at radius 1 is 0.609 bits per heavy atom. The third-order valence-corrected chi connectivity index (χ3v) is 8.03. The van der Waals surface area contributed by atoms with Crippen molar-refractivity contribution >= 4 is 25.7 Å². The molecule has 0 aliphatic heterocycles. The molecule has 0 rings (SSSR count). The van der Waals surface area contributed by atoms with Gasteiger partial charge in [-0.05, 0) is 19.3 Å². The average Bonchev–Trinajstić information content (AvgIpc) is 2.96. The summed E-state index contributed by atoms with van der Waals surface area (Å²) in [6.07, 6.45) is 23.9. The first-order valence-corrected chi connectivity index (χ1v) is 18.9. The molecule has 1 N–H and O–H groups in total. The fourth-order valence-corrected chi connectivity index (χ4v) is 5.33. The van der Waals surface area contributed by atoms with Gasteiger partial charge in [-0.1, -0.05) is 129 Å². The molecule has 0 aromatic heterocycles. The molecule has 10 nitrogen and oxygen atoms in total. The molecule has 13 heteroatoms. The third-order valence-electron chi connectivity index (χ3n) is 7.56. The number of ether oxygens (including phenoxy) is 2. The van der Waals surface area contributed by atoms with Gasteiger partial charge in [0.1, 0.15) is 6.61 Å². The fraction of sp³-hybridized carbons (Fsp3) is 0.909. The second-order valence-corrected chi connectivity index (χ2v) is 13.1. The maximum Gasteiger partial charge on any atom is 1.00 e. The van der Waals surface area contributed by atoms with Crippen LogP contribution >= 0.6 is 7.82 Å². The summed E-state index contributed by atoms with van der Waals surface area (Å²) in [6.45, 7) is 3.50.